The first-order chi connectivity index (χ1) is 5.72. The van der Waals surface area contributed by atoms with Gasteiger partial charge >= 0.3 is 0 Å². The average molecular weight is 204 g/mol. The lowest BCUT2D eigenvalue weighted by Crippen LogP contribution is -2.04. The van der Waals surface area contributed by atoms with Crippen LogP contribution in [0, 0.1) is 0 Å². The van der Waals surface area contributed by atoms with Crippen molar-refractivity contribution in [1.82, 2.24) is 10.2 Å². The van der Waals surface area contributed by atoms with Crippen LogP contribution in [-0.2, 0) is 10.5 Å². The van der Waals surface area contributed by atoms with Gasteiger partial charge in [0, 0.05) is 6.92 Å². The maximum atomic E-state index is 10.6. The fourth-order valence-corrected chi connectivity index (χ4v) is 1.81. The first-order valence-corrected chi connectivity index (χ1v) is 5.00. The SMILES string of the molecule is CC(=O)Nc1nnc(CSN)s1. The lowest BCUT2D eigenvalue weighted by atomic mass is 10.7. The Labute approximate surface area is 77.9 Å². The second-order valence-electron chi connectivity index (χ2n) is 1.99. The van der Waals surface area contributed by atoms with Crippen LogP contribution in [-0.4, -0.2) is 16.1 Å². The van der Waals surface area contributed by atoms with E-state index in [4.69, 9.17) is 5.14 Å². The van der Waals surface area contributed by atoms with Gasteiger partial charge in [-0.1, -0.05) is 23.3 Å². The normalized spacial score (nSPS) is 9.83. The molecule has 3 N–H and O–H groups in total. The van der Waals surface area contributed by atoms with Crippen LogP contribution in [0.15, 0.2) is 0 Å². The molecule has 0 aliphatic heterocycles. The Morgan fingerprint density at radius 2 is 2.50 bits per heavy atom. The molecule has 1 heterocycles. The maximum absolute atomic E-state index is 10.6. The highest BCUT2D eigenvalue weighted by Crippen LogP contribution is 2.17. The fourth-order valence-electron chi connectivity index (χ4n) is 0.584. The van der Waals surface area contributed by atoms with E-state index in [0.717, 1.165) is 5.01 Å². The van der Waals surface area contributed by atoms with E-state index in [1.807, 2.05) is 0 Å². The fraction of sp³-hybridized carbons (Fsp3) is 0.400. The smallest absolute Gasteiger partial charge is 0.223 e. The lowest BCUT2D eigenvalue weighted by Gasteiger charge is -1.90. The summed E-state index contributed by atoms with van der Waals surface area (Å²) in [5, 5.41) is 16.7. The molecule has 0 unspecified atom stereocenters. The molecule has 0 bridgehead atoms. The van der Waals surface area contributed by atoms with Gasteiger partial charge in [0.1, 0.15) is 5.01 Å². The molecule has 0 atom stereocenters. The monoisotopic (exact) mass is 204 g/mol. The van der Waals surface area contributed by atoms with Crippen LogP contribution in [0.3, 0.4) is 0 Å². The molecular formula is C5H8N4OS2. The molecule has 0 saturated heterocycles. The minimum atomic E-state index is -0.141. The molecule has 1 aromatic heterocycles. The molecule has 0 aliphatic rings. The summed E-state index contributed by atoms with van der Waals surface area (Å²) < 4.78 is 0. The average Bonchev–Trinajstić information content (AvgIpc) is 2.36. The summed E-state index contributed by atoms with van der Waals surface area (Å²) in [6.07, 6.45) is 0. The zero-order valence-corrected chi connectivity index (χ0v) is 8.04. The summed E-state index contributed by atoms with van der Waals surface area (Å²) in [4.78, 5) is 10.6. The van der Waals surface area contributed by atoms with Gasteiger partial charge in [0.2, 0.25) is 11.0 Å². The van der Waals surface area contributed by atoms with E-state index >= 15 is 0 Å². The molecule has 12 heavy (non-hydrogen) atoms. The summed E-state index contributed by atoms with van der Waals surface area (Å²) in [6, 6.07) is 0. The number of hydrogen-bond donors (Lipinski definition) is 2. The lowest BCUT2D eigenvalue weighted by molar-refractivity contribution is -0.114. The van der Waals surface area contributed by atoms with Crippen LogP contribution < -0.4 is 10.5 Å². The van der Waals surface area contributed by atoms with E-state index in [-0.39, 0.29) is 5.91 Å². The van der Waals surface area contributed by atoms with Crippen molar-refractivity contribution in [2.45, 2.75) is 12.7 Å². The van der Waals surface area contributed by atoms with Crippen molar-refractivity contribution in [3.63, 3.8) is 0 Å². The molecule has 1 amide bonds. The van der Waals surface area contributed by atoms with Crippen molar-refractivity contribution in [3.05, 3.63) is 5.01 Å². The Kier molecular flexibility index (Phi) is 3.45. The van der Waals surface area contributed by atoms with Gasteiger partial charge in [-0.05, 0) is 0 Å². The van der Waals surface area contributed by atoms with Gasteiger partial charge in [-0.25, -0.2) is 0 Å². The number of rotatable bonds is 3. The van der Waals surface area contributed by atoms with Gasteiger partial charge in [0.25, 0.3) is 0 Å². The molecule has 0 aliphatic carbocycles. The van der Waals surface area contributed by atoms with Crippen molar-refractivity contribution in [1.29, 1.82) is 0 Å². The van der Waals surface area contributed by atoms with Crippen LogP contribution >= 0.6 is 23.3 Å². The van der Waals surface area contributed by atoms with E-state index in [1.165, 1.54) is 30.2 Å². The van der Waals surface area contributed by atoms with E-state index in [2.05, 4.69) is 15.5 Å². The Bertz CT molecular complexity index is 274. The first-order valence-electron chi connectivity index (χ1n) is 3.14. The molecule has 1 aromatic rings. The van der Waals surface area contributed by atoms with Crippen molar-refractivity contribution in [3.8, 4) is 0 Å². The number of amides is 1. The number of nitrogens with one attached hydrogen (secondary N) is 1. The highest BCUT2D eigenvalue weighted by Gasteiger charge is 2.03. The van der Waals surface area contributed by atoms with Crippen LogP contribution in [0.5, 0.6) is 0 Å². The van der Waals surface area contributed by atoms with E-state index < -0.39 is 0 Å². The van der Waals surface area contributed by atoms with Crippen LogP contribution in [0.2, 0.25) is 0 Å². The Morgan fingerprint density at radius 3 is 3.08 bits per heavy atom. The minimum absolute atomic E-state index is 0.141. The standard InChI is InChI=1S/C5H8N4OS2/c1-3(10)7-5-9-8-4(12-5)2-11-6/h2,6H2,1H3,(H,7,9,10). The van der Waals surface area contributed by atoms with E-state index in [9.17, 15) is 4.79 Å². The van der Waals surface area contributed by atoms with E-state index in [0.29, 0.717) is 10.9 Å². The minimum Gasteiger partial charge on any atom is -0.301 e. The third-order valence-electron chi connectivity index (χ3n) is 0.957. The number of nitrogens with two attached hydrogens (primary N) is 1. The summed E-state index contributed by atoms with van der Waals surface area (Å²) in [5.74, 6) is 0.482. The molecule has 0 fully saturated rings. The Balaban J connectivity index is 2.58. The predicted molar refractivity (Wildman–Crippen MR) is 49.7 cm³/mol. The summed E-state index contributed by atoms with van der Waals surface area (Å²) >= 11 is 2.51. The molecule has 5 nitrogen and oxygen atoms in total. The molecule has 0 saturated carbocycles. The summed E-state index contributed by atoms with van der Waals surface area (Å²) in [7, 11) is 0. The van der Waals surface area contributed by atoms with Crippen molar-refractivity contribution < 1.29 is 4.79 Å². The Hall–Kier alpha value is -0.660. The van der Waals surface area contributed by atoms with Crippen LogP contribution in [0.1, 0.15) is 11.9 Å². The topological polar surface area (TPSA) is 80.9 Å². The second-order valence-corrected chi connectivity index (χ2v) is 3.68. The molecule has 0 aromatic carbocycles. The number of carbonyl (C=O) groups excluding carboxylic acids is 1. The number of hydrogen-bond acceptors (Lipinski definition) is 6. The maximum Gasteiger partial charge on any atom is 0.223 e. The molecular weight excluding hydrogens is 196 g/mol. The highest BCUT2D eigenvalue weighted by atomic mass is 32.2. The van der Waals surface area contributed by atoms with Crippen LogP contribution in [0.4, 0.5) is 5.13 Å². The number of nitrogens with zero attached hydrogens (tertiary/aromatic N) is 2. The summed E-state index contributed by atoms with van der Waals surface area (Å²) in [6.45, 7) is 1.43. The second kappa shape index (κ2) is 4.39. The Morgan fingerprint density at radius 1 is 1.75 bits per heavy atom. The molecule has 1 rings (SSSR count). The number of aromatic nitrogens is 2. The van der Waals surface area contributed by atoms with Gasteiger partial charge in [-0.2, -0.15) is 0 Å². The largest absolute Gasteiger partial charge is 0.301 e. The summed E-state index contributed by atoms with van der Waals surface area (Å²) in [5.41, 5.74) is 0. The van der Waals surface area contributed by atoms with Gasteiger partial charge < -0.3 is 5.32 Å². The number of carbonyl (C=O) groups is 1. The third kappa shape index (κ3) is 2.76. The molecule has 0 spiro atoms. The molecule has 7 heteroatoms. The zero-order valence-electron chi connectivity index (χ0n) is 6.40. The van der Waals surface area contributed by atoms with Gasteiger partial charge in [0.05, 0.1) is 5.75 Å². The number of anilines is 1. The van der Waals surface area contributed by atoms with Gasteiger partial charge in [-0.15, -0.1) is 10.2 Å². The third-order valence-corrected chi connectivity index (χ3v) is 2.42. The molecule has 0 radical (unpaired) electrons. The van der Waals surface area contributed by atoms with Crippen LogP contribution in [0.25, 0.3) is 0 Å². The zero-order chi connectivity index (χ0) is 8.97. The first kappa shape index (κ1) is 9.43. The van der Waals surface area contributed by atoms with Gasteiger partial charge in [-0.3, -0.25) is 9.93 Å². The van der Waals surface area contributed by atoms with Crippen molar-refractivity contribution in [2.24, 2.45) is 5.14 Å². The predicted octanol–water partition coefficient (Wildman–Crippen LogP) is 0.603. The van der Waals surface area contributed by atoms with E-state index in [1.54, 1.807) is 0 Å². The van der Waals surface area contributed by atoms with Crippen molar-refractivity contribution >= 4 is 34.3 Å². The highest BCUT2D eigenvalue weighted by molar-refractivity contribution is 7.96. The quantitative estimate of drug-likeness (QED) is 0.705. The van der Waals surface area contributed by atoms with Gasteiger partial charge in [0.15, 0.2) is 0 Å². The van der Waals surface area contributed by atoms with Crippen molar-refractivity contribution in [2.75, 3.05) is 5.32 Å². The molecule has 66 valence electrons.